The van der Waals surface area contributed by atoms with Gasteiger partial charge in [-0.1, -0.05) is 35.9 Å². The molecule has 0 fully saturated rings. The number of methoxy groups -OCH3 is 1. The SMILES string of the molecule is COc1ccc(/C=C/S(=O)(=O)NCCNC(=O)C[C@@H]2N=C(c3ccc(Cl)cc3)c3c(sc(C)c3C)-n3c(C)nnc32)cc1. The molecule has 2 N–H and O–H groups in total. The number of ether oxygens (including phenoxy) is 1. The summed E-state index contributed by atoms with van der Waals surface area (Å²) in [5, 5.41) is 14.2. The van der Waals surface area contributed by atoms with Gasteiger partial charge in [0.2, 0.25) is 15.9 Å². The molecule has 0 saturated heterocycles. The van der Waals surface area contributed by atoms with Crippen molar-refractivity contribution in [1.82, 2.24) is 24.8 Å². The Morgan fingerprint density at radius 3 is 2.49 bits per heavy atom. The lowest BCUT2D eigenvalue weighted by atomic mass is 9.99. The number of fused-ring (bicyclic) bond motifs is 3. The van der Waals surface area contributed by atoms with Crippen LogP contribution in [0, 0.1) is 20.8 Å². The molecule has 13 heteroatoms. The molecule has 4 aromatic rings. The van der Waals surface area contributed by atoms with Crippen LogP contribution in [0.2, 0.25) is 5.02 Å². The van der Waals surface area contributed by atoms with Gasteiger partial charge in [0.15, 0.2) is 5.82 Å². The fourth-order valence-corrected chi connectivity index (χ4v) is 6.87. The Balaban J connectivity index is 1.30. The summed E-state index contributed by atoms with van der Waals surface area (Å²) < 4.78 is 34.4. The van der Waals surface area contributed by atoms with Gasteiger partial charge in [0.05, 0.1) is 19.2 Å². The van der Waals surface area contributed by atoms with Crippen LogP contribution in [0.15, 0.2) is 58.9 Å². The first-order valence-corrected chi connectivity index (χ1v) is 16.2. The zero-order valence-corrected chi connectivity index (χ0v) is 26.5. The molecule has 1 atom stereocenters. The maximum Gasteiger partial charge on any atom is 0.233 e. The van der Waals surface area contributed by atoms with E-state index in [2.05, 4.69) is 34.1 Å². The predicted octanol–water partition coefficient (Wildman–Crippen LogP) is 4.90. The number of nitrogens with one attached hydrogen (secondary N) is 2. The number of benzene rings is 2. The average Bonchev–Trinajstić information content (AvgIpc) is 3.47. The molecule has 224 valence electrons. The molecule has 5 rings (SSSR count). The Morgan fingerprint density at radius 1 is 1.07 bits per heavy atom. The summed E-state index contributed by atoms with van der Waals surface area (Å²) in [4.78, 5) is 19.3. The second-order valence-electron chi connectivity index (χ2n) is 9.97. The molecule has 0 aliphatic carbocycles. The summed E-state index contributed by atoms with van der Waals surface area (Å²) >= 11 is 7.81. The van der Waals surface area contributed by atoms with E-state index in [1.807, 2.05) is 35.8 Å². The zero-order valence-electron chi connectivity index (χ0n) is 24.1. The van der Waals surface area contributed by atoms with Crippen molar-refractivity contribution >= 4 is 50.7 Å². The highest BCUT2D eigenvalue weighted by molar-refractivity contribution is 7.92. The van der Waals surface area contributed by atoms with Crippen LogP contribution in [0.4, 0.5) is 0 Å². The van der Waals surface area contributed by atoms with E-state index in [1.54, 1.807) is 42.7 Å². The van der Waals surface area contributed by atoms with Gasteiger partial charge in [0.1, 0.15) is 22.6 Å². The molecule has 0 unspecified atom stereocenters. The van der Waals surface area contributed by atoms with E-state index in [9.17, 15) is 13.2 Å². The second-order valence-corrected chi connectivity index (χ2v) is 13.3. The highest BCUT2D eigenvalue weighted by Crippen LogP contribution is 2.39. The number of carbonyl (C=O) groups is 1. The minimum absolute atomic E-state index is 0.00627. The van der Waals surface area contributed by atoms with E-state index in [-0.39, 0.29) is 25.4 Å². The molecule has 1 amide bonds. The first-order valence-electron chi connectivity index (χ1n) is 13.5. The van der Waals surface area contributed by atoms with E-state index in [0.29, 0.717) is 28.0 Å². The van der Waals surface area contributed by atoms with Crippen LogP contribution in [-0.2, 0) is 14.8 Å². The van der Waals surface area contributed by atoms with Crippen LogP contribution in [0.5, 0.6) is 5.75 Å². The second kappa shape index (κ2) is 12.8. The van der Waals surface area contributed by atoms with Crippen LogP contribution in [0.3, 0.4) is 0 Å². The molecular formula is C30H31ClN6O4S2. The summed E-state index contributed by atoms with van der Waals surface area (Å²) in [5.74, 6) is 1.67. The smallest absolute Gasteiger partial charge is 0.233 e. The third-order valence-electron chi connectivity index (χ3n) is 7.04. The van der Waals surface area contributed by atoms with E-state index >= 15 is 0 Å². The Kier molecular flexibility index (Phi) is 9.11. The Hall–Kier alpha value is -3.84. The Morgan fingerprint density at radius 2 is 1.79 bits per heavy atom. The fourth-order valence-electron chi connectivity index (χ4n) is 4.71. The Labute approximate surface area is 259 Å². The number of aromatic nitrogens is 3. The van der Waals surface area contributed by atoms with Crippen LogP contribution in [0.25, 0.3) is 11.1 Å². The van der Waals surface area contributed by atoms with Crippen molar-refractivity contribution in [1.29, 1.82) is 0 Å². The van der Waals surface area contributed by atoms with Crippen molar-refractivity contribution in [2.45, 2.75) is 33.2 Å². The van der Waals surface area contributed by atoms with Gasteiger partial charge in [-0.15, -0.1) is 21.5 Å². The molecule has 0 radical (unpaired) electrons. The molecule has 0 saturated carbocycles. The van der Waals surface area contributed by atoms with Gasteiger partial charge in [-0.3, -0.25) is 14.4 Å². The minimum atomic E-state index is -3.70. The fraction of sp³-hybridized carbons (Fsp3) is 0.267. The van der Waals surface area contributed by atoms with E-state index in [0.717, 1.165) is 37.7 Å². The number of nitrogens with zero attached hydrogens (tertiary/aromatic N) is 4. The normalized spacial score (nSPS) is 14.6. The van der Waals surface area contributed by atoms with Gasteiger partial charge in [0.25, 0.3) is 0 Å². The summed E-state index contributed by atoms with van der Waals surface area (Å²) in [6.07, 6.45) is 1.50. The Bertz CT molecular complexity index is 1810. The van der Waals surface area contributed by atoms with E-state index in [1.165, 1.54) is 6.08 Å². The number of aliphatic imine (C=N–C) groups is 1. The molecule has 0 spiro atoms. The lowest BCUT2D eigenvalue weighted by molar-refractivity contribution is -0.121. The van der Waals surface area contributed by atoms with Gasteiger partial charge in [0, 0.05) is 39.5 Å². The van der Waals surface area contributed by atoms with Gasteiger partial charge >= 0.3 is 0 Å². The number of amides is 1. The van der Waals surface area contributed by atoms with Crippen molar-refractivity contribution in [3.8, 4) is 10.8 Å². The summed E-state index contributed by atoms with van der Waals surface area (Å²) in [6.45, 7) is 6.14. The number of carbonyl (C=O) groups excluding carboxylic acids is 1. The summed E-state index contributed by atoms with van der Waals surface area (Å²) in [7, 11) is -2.14. The van der Waals surface area contributed by atoms with Crippen molar-refractivity contribution in [3.63, 3.8) is 0 Å². The van der Waals surface area contributed by atoms with Crippen molar-refractivity contribution < 1.29 is 17.9 Å². The zero-order chi connectivity index (χ0) is 30.7. The maximum atomic E-state index is 13.1. The third kappa shape index (κ3) is 6.88. The molecule has 1 aliphatic heterocycles. The molecule has 43 heavy (non-hydrogen) atoms. The maximum absolute atomic E-state index is 13.1. The third-order valence-corrected chi connectivity index (χ3v) is 9.59. The molecule has 1 aliphatic rings. The number of aryl methyl sites for hydroxylation is 2. The first kappa shape index (κ1) is 30.6. The number of rotatable bonds is 10. The van der Waals surface area contributed by atoms with Crippen LogP contribution in [0.1, 0.15) is 51.2 Å². The van der Waals surface area contributed by atoms with Crippen LogP contribution >= 0.6 is 22.9 Å². The van der Waals surface area contributed by atoms with Crippen LogP contribution < -0.4 is 14.8 Å². The van der Waals surface area contributed by atoms with Gasteiger partial charge in [-0.05, 0) is 62.2 Å². The van der Waals surface area contributed by atoms with Gasteiger partial charge < -0.3 is 10.1 Å². The first-order chi connectivity index (χ1) is 20.6. The van der Waals surface area contributed by atoms with Crippen molar-refractivity contribution in [2.75, 3.05) is 20.2 Å². The molecule has 0 bridgehead atoms. The van der Waals surface area contributed by atoms with Crippen molar-refractivity contribution in [2.24, 2.45) is 4.99 Å². The van der Waals surface area contributed by atoms with Crippen molar-refractivity contribution in [3.05, 3.63) is 97.7 Å². The van der Waals surface area contributed by atoms with Crippen LogP contribution in [-0.4, -0.2) is 55.0 Å². The quantitative estimate of drug-likeness (QED) is 0.238. The average molecular weight is 639 g/mol. The summed E-state index contributed by atoms with van der Waals surface area (Å²) in [6, 6.07) is 13.9. The number of hydrogen-bond donors (Lipinski definition) is 2. The predicted molar refractivity (Wildman–Crippen MR) is 170 cm³/mol. The minimum Gasteiger partial charge on any atom is -0.497 e. The lowest BCUT2D eigenvalue weighted by Gasteiger charge is -2.13. The highest BCUT2D eigenvalue weighted by Gasteiger charge is 2.32. The van der Waals surface area contributed by atoms with E-state index < -0.39 is 16.1 Å². The molecule has 2 aromatic carbocycles. The number of hydrogen-bond acceptors (Lipinski definition) is 8. The molecule has 2 aromatic heterocycles. The molecule has 10 nitrogen and oxygen atoms in total. The number of halogens is 1. The van der Waals surface area contributed by atoms with Gasteiger partial charge in [-0.2, -0.15) is 0 Å². The molecule has 3 heterocycles. The number of sulfonamides is 1. The standard InChI is InChI=1S/C30H31ClN6O4S2/c1-18-19(2)42-30-27(18)28(22-7-9-23(31)10-8-22)34-25(29-36-35-20(3)37(29)30)17-26(38)32-14-15-33-43(39,40)16-13-21-5-11-24(41-4)12-6-21/h5-13,16,25,33H,14-15,17H2,1-4H3,(H,32,38)/b16-13+/t25-/m0/s1. The van der Waals surface area contributed by atoms with Gasteiger partial charge in [-0.25, -0.2) is 13.1 Å². The lowest BCUT2D eigenvalue weighted by Crippen LogP contribution is -2.34. The summed E-state index contributed by atoms with van der Waals surface area (Å²) in [5.41, 5.74) is 4.43. The largest absolute Gasteiger partial charge is 0.497 e. The van der Waals surface area contributed by atoms with E-state index in [4.69, 9.17) is 21.3 Å². The highest BCUT2D eigenvalue weighted by atomic mass is 35.5. The molecular weight excluding hydrogens is 608 g/mol. The monoisotopic (exact) mass is 638 g/mol. The number of thiophene rings is 1. The topological polar surface area (TPSA) is 128 Å².